The molecule has 2 N–H and O–H groups in total. The molecule has 0 aromatic heterocycles. The first kappa shape index (κ1) is 23.7. The van der Waals surface area contributed by atoms with Gasteiger partial charge >= 0.3 is 136 Å². The van der Waals surface area contributed by atoms with Crippen molar-refractivity contribution in [3.63, 3.8) is 0 Å². The quantitative estimate of drug-likeness (QED) is 0.486. The monoisotopic (exact) mass is 415 g/mol. The Labute approximate surface area is 163 Å². The van der Waals surface area contributed by atoms with Crippen molar-refractivity contribution in [2.45, 2.75) is 38.6 Å². The molecule has 1 amide bonds. The van der Waals surface area contributed by atoms with E-state index in [1.807, 2.05) is 5.81 Å². The van der Waals surface area contributed by atoms with Crippen molar-refractivity contribution >= 4 is 20.0 Å². The standard InChI is InChI=1S/C17H22NO9P/c1-16(2,3)27-15(21)18-13(14(19)20)11-6-8-12(9-7-11)26-17(23-4,24-5)25-10-28-22/h6-9,13H,1-5H3,(H,18,21)(H,19,20)/t13-/m1/s1. The third kappa shape index (κ3) is 7.34. The Bertz CT molecular complexity index is 779. The van der Waals surface area contributed by atoms with E-state index < -0.39 is 37.8 Å². The molecular formula is C17H22NO9P. The van der Waals surface area contributed by atoms with Crippen LogP contribution in [0.25, 0.3) is 0 Å². The number of carboxylic acid groups (broad SMARTS) is 1. The van der Waals surface area contributed by atoms with Crippen LogP contribution in [0.15, 0.2) is 24.3 Å². The molecule has 0 heterocycles. The fourth-order valence-electron chi connectivity index (χ4n) is 1.93. The van der Waals surface area contributed by atoms with Crippen LogP contribution >= 0.6 is 7.92 Å². The number of nitrogens with one attached hydrogen (secondary N) is 1. The van der Waals surface area contributed by atoms with E-state index in [2.05, 4.69) is 5.32 Å². The molecule has 0 aliphatic carbocycles. The molecule has 1 rings (SSSR count). The Balaban J connectivity index is 2.98. The molecular weight excluding hydrogens is 393 g/mol. The van der Waals surface area contributed by atoms with Gasteiger partial charge in [-0.3, -0.25) is 0 Å². The molecule has 0 radical (unpaired) electrons. The van der Waals surface area contributed by atoms with Gasteiger partial charge in [0.25, 0.3) is 0 Å². The zero-order valence-corrected chi connectivity index (χ0v) is 16.9. The van der Waals surface area contributed by atoms with Crippen LogP contribution in [0.5, 0.6) is 5.75 Å². The van der Waals surface area contributed by atoms with Gasteiger partial charge in [0.2, 0.25) is 0 Å². The number of benzene rings is 1. The van der Waals surface area contributed by atoms with Crippen molar-refractivity contribution in [2.75, 3.05) is 14.2 Å². The van der Waals surface area contributed by atoms with Gasteiger partial charge in [0.05, 0.1) is 0 Å². The second-order valence-electron chi connectivity index (χ2n) is 6.28. The van der Waals surface area contributed by atoms with Crippen molar-refractivity contribution in [3.05, 3.63) is 29.8 Å². The molecule has 10 nitrogen and oxygen atoms in total. The summed E-state index contributed by atoms with van der Waals surface area (Å²) in [7, 11) is 1.91. The summed E-state index contributed by atoms with van der Waals surface area (Å²) in [5, 5.41) is 11.7. The summed E-state index contributed by atoms with van der Waals surface area (Å²) < 4.78 is 35.8. The number of carboxylic acids is 1. The van der Waals surface area contributed by atoms with Crippen LogP contribution in [0.3, 0.4) is 0 Å². The number of methoxy groups -OCH3 is 2. The summed E-state index contributed by atoms with van der Waals surface area (Å²) in [6, 6.07) is 4.32. The third-order valence-electron chi connectivity index (χ3n) is 3.07. The van der Waals surface area contributed by atoms with Crippen LogP contribution in [0.4, 0.5) is 4.79 Å². The first-order chi connectivity index (χ1) is 13.1. The number of carbonyl (C=O) groups is 2. The van der Waals surface area contributed by atoms with Crippen molar-refractivity contribution in [1.29, 1.82) is 0 Å². The molecule has 0 fully saturated rings. The van der Waals surface area contributed by atoms with Gasteiger partial charge < -0.3 is 0 Å². The zero-order valence-electron chi connectivity index (χ0n) is 16.0. The van der Waals surface area contributed by atoms with E-state index in [0.717, 1.165) is 0 Å². The molecule has 0 saturated heterocycles. The average Bonchev–Trinajstić information content (AvgIpc) is 2.62. The summed E-state index contributed by atoms with van der Waals surface area (Å²) in [4.78, 5) is 23.4. The number of hydrogen-bond acceptors (Lipinski definition) is 8. The number of amides is 1. The molecule has 0 aliphatic heterocycles. The second-order valence-corrected chi connectivity index (χ2v) is 6.65. The van der Waals surface area contributed by atoms with Crippen LogP contribution in [-0.4, -0.2) is 43.1 Å². The van der Waals surface area contributed by atoms with Gasteiger partial charge in [-0.05, 0) is 20.8 Å². The first-order valence-electron chi connectivity index (χ1n) is 7.92. The van der Waals surface area contributed by atoms with E-state index in [1.54, 1.807) is 20.8 Å². The van der Waals surface area contributed by atoms with E-state index in [4.69, 9.17) is 23.7 Å². The Hall–Kier alpha value is -2.35. The fourth-order valence-corrected chi connectivity index (χ4v) is 2.08. The molecule has 0 saturated carbocycles. The van der Waals surface area contributed by atoms with Gasteiger partial charge in [-0.2, -0.15) is 0 Å². The maximum absolute atomic E-state index is 11.9. The van der Waals surface area contributed by atoms with Crippen molar-refractivity contribution in [2.24, 2.45) is 0 Å². The second kappa shape index (κ2) is 10.3. The van der Waals surface area contributed by atoms with Crippen molar-refractivity contribution in [1.82, 2.24) is 5.32 Å². The summed E-state index contributed by atoms with van der Waals surface area (Å²) in [5.74, 6) is 0.904. The van der Waals surface area contributed by atoms with Crippen LogP contribution in [0.1, 0.15) is 32.4 Å². The molecule has 1 aromatic rings. The predicted octanol–water partition coefficient (Wildman–Crippen LogP) is 2.84. The number of hydrogen-bond donors (Lipinski definition) is 2. The van der Waals surface area contributed by atoms with Gasteiger partial charge in [-0.15, -0.1) is 0 Å². The van der Waals surface area contributed by atoms with E-state index >= 15 is 0 Å². The molecule has 0 unspecified atom stereocenters. The molecule has 0 aliphatic rings. The fraction of sp³-hybridized carbons (Fsp3) is 0.471. The van der Waals surface area contributed by atoms with Gasteiger partial charge in [-0.1, -0.05) is 0 Å². The number of carbonyl (C=O) groups excluding carboxylic acids is 1. The zero-order chi connectivity index (χ0) is 21.4. The third-order valence-corrected chi connectivity index (χ3v) is 3.24. The van der Waals surface area contributed by atoms with Crippen LogP contribution in [-0.2, 0) is 28.3 Å². The van der Waals surface area contributed by atoms with E-state index in [9.17, 15) is 19.3 Å². The molecule has 0 bridgehead atoms. The summed E-state index contributed by atoms with van der Waals surface area (Å²) >= 11 is 0. The van der Waals surface area contributed by atoms with Crippen molar-refractivity contribution < 1.29 is 42.9 Å². The van der Waals surface area contributed by atoms with E-state index in [1.165, 1.54) is 38.5 Å². The predicted molar refractivity (Wildman–Crippen MR) is 96.1 cm³/mol. The Morgan fingerprint density at radius 3 is 2.14 bits per heavy atom. The number of alkyl carbamates (subject to hydrolysis) is 1. The average molecular weight is 415 g/mol. The first-order valence-corrected chi connectivity index (χ1v) is 8.74. The van der Waals surface area contributed by atoms with Gasteiger partial charge in [0, 0.05) is 0 Å². The molecule has 28 heavy (non-hydrogen) atoms. The van der Waals surface area contributed by atoms with Gasteiger partial charge in [0.1, 0.15) is 5.60 Å². The molecule has 154 valence electrons. The van der Waals surface area contributed by atoms with Gasteiger partial charge in [-0.25, -0.2) is 0 Å². The van der Waals surface area contributed by atoms with Crippen molar-refractivity contribution in [3.8, 4) is 11.6 Å². The molecule has 1 atom stereocenters. The van der Waals surface area contributed by atoms with Crippen LogP contribution < -0.4 is 10.1 Å². The molecule has 0 spiro atoms. The summed E-state index contributed by atoms with van der Waals surface area (Å²) in [5.41, 5.74) is -0.505. The maximum atomic E-state index is 11.9. The van der Waals surface area contributed by atoms with Gasteiger partial charge in [0.15, 0.2) is 0 Å². The normalized spacial score (nSPS) is 12.5. The topological polar surface area (TPSA) is 130 Å². The summed E-state index contributed by atoms with van der Waals surface area (Å²) in [6.45, 7) is 4.99. The van der Waals surface area contributed by atoms with Crippen LogP contribution in [0, 0.1) is 5.81 Å². The Morgan fingerprint density at radius 2 is 1.71 bits per heavy atom. The number of rotatable bonds is 8. The number of ether oxygens (including phenoxy) is 5. The van der Waals surface area contributed by atoms with Crippen LogP contribution in [0.2, 0.25) is 0 Å². The Morgan fingerprint density at radius 1 is 1.14 bits per heavy atom. The minimum atomic E-state index is -2.03. The molecule has 1 aromatic carbocycles. The Kier molecular flexibility index (Phi) is 8.68. The minimum absolute atomic E-state index is 0.179. The SMILES string of the molecule is COC(OC)(OC#P=O)Oc1ccc([C@@H](NC(=O)OC(C)(C)C)C(=O)O)cc1. The molecule has 11 heteroatoms. The summed E-state index contributed by atoms with van der Waals surface area (Å²) in [6.07, 6.45) is -2.89. The van der Waals surface area contributed by atoms with E-state index in [0.29, 0.717) is 0 Å². The van der Waals surface area contributed by atoms with E-state index in [-0.39, 0.29) is 11.3 Å². The number of aliphatic carboxylic acids is 1.